The molecule has 3 atom stereocenters. The van der Waals surface area contributed by atoms with Crippen LogP contribution in [0.1, 0.15) is 42.9 Å². The average molecular weight is 492 g/mol. The van der Waals surface area contributed by atoms with E-state index in [0.29, 0.717) is 13.2 Å². The van der Waals surface area contributed by atoms with Crippen LogP contribution in [0.4, 0.5) is 0 Å². The Labute approximate surface area is 216 Å². The Morgan fingerprint density at radius 1 is 1.11 bits per heavy atom. The smallest absolute Gasteiger partial charge is 0.194 e. The van der Waals surface area contributed by atoms with Crippen molar-refractivity contribution in [2.24, 2.45) is 5.92 Å². The van der Waals surface area contributed by atoms with Crippen molar-refractivity contribution in [3.63, 3.8) is 0 Å². The van der Waals surface area contributed by atoms with Crippen molar-refractivity contribution in [3.8, 4) is 0 Å². The zero-order valence-electron chi connectivity index (χ0n) is 21.7. The predicted octanol–water partition coefficient (Wildman–Crippen LogP) is 4.35. The highest BCUT2D eigenvalue weighted by atomic mass is 16.7. The normalized spacial score (nSPS) is 24.2. The maximum atomic E-state index is 9.80. The summed E-state index contributed by atoms with van der Waals surface area (Å²) in [5.74, 6) is -0.732. The molecule has 2 heterocycles. The molecule has 1 fully saturated rings. The van der Waals surface area contributed by atoms with Crippen LogP contribution >= 0.6 is 0 Å². The van der Waals surface area contributed by atoms with E-state index in [1.54, 1.807) is 0 Å². The van der Waals surface area contributed by atoms with Gasteiger partial charge < -0.3 is 24.8 Å². The molecule has 1 aromatic heterocycles. The van der Waals surface area contributed by atoms with E-state index in [1.165, 1.54) is 22.3 Å². The number of hydrogen-bond acceptors (Lipinski definition) is 6. The van der Waals surface area contributed by atoms with E-state index in [-0.39, 0.29) is 12.0 Å². The van der Waals surface area contributed by atoms with E-state index in [1.807, 2.05) is 24.5 Å². The largest absolute Gasteiger partial charge is 0.392 e. The minimum absolute atomic E-state index is 0.0574. The number of nitrogens with one attached hydrogen (secondary N) is 1. The summed E-state index contributed by atoms with van der Waals surface area (Å²) in [6.45, 7) is 9.95. The third-order valence-corrected chi connectivity index (χ3v) is 7.23. The van der Waals surface area contributed by atoms with Gasteiger partial charge in [0.05, 0.1) is 19.3 Å². The molecule has 6 heteroatoms. The Morgan fingerprint density at radius 3 is 2.64 bits per heavy atom. The first-order chi connectivity index (χ1) is 17.6. The number of nitrogens with zero attached hydrogens (tertiary/aromatic N) is 2. The van der Waals surface area contributed by atoms with E-state index in [0.717, 1.165) is 52.0 Å². The van der Waals surface area contributed by atoms with E-state index >= 15 is 0 Å². The first-order valence-electron chi connectivity index (χ1n) is 13.3. The SMILES string of the molecule is Cc1ccccc1C1=CC=CC(OCCCNCc2ccncc2)(OCCCN2CC[C@@H](O)C2)C1C. The molecule has 0 bridgehead atoms. The number of likely N-dealkylation sites (tertiary alicyclic amines) is 1. The number of aliphatic hydroxyl groups is 1. The number of aromatic nitrogens is 1. The van der Waals surface area contributed by atoms with Crippen molar-refractivity contribution >= 4 is 5.57 Å². The van der Waals surface area contributed by atoms with Crippen molar-refractivity contribution in [1.82, 2.24) is 15.2 Å². The van der Waals surface area contributed by atoms with Crippen LogP contribution in [0.3, 0.4) is 0 Å². The summed E-state index contributed by atoms with van der Waals surface area (Å²) >= 11 is 0. The lowest BCUT2D eigenvalue weighted by Crippen LogP contribution is -2.43. The van der Waals surface area contributed by atoms with Crippen molar-refractivity contribution in [3.05, 3.63) is 83.7 Å². The third kappa shape index (κ3) is 7.11. The Hall–Kier alpha value is -2.35. The van der Waals surface area contributed by atoms with Gasteiger partial charge in [0.15, 0.2) is 5.79 Å². The molecule has 1 aliphatic carbocycles. The van der Waals surface area contributed by atoms with Crippen molar-refractivity contribution in [1.29, 1.82) is 0 Å². The quantitative estimate of drug-likeness (QED) is 0.321. The minimum Gasteiger partial charge on any atom is -0.392 e. The van der Waals surface area contributed by atoms with Gasteiger partial charge in [-0.2, -0.15) is 0 Å². The van der Waals surface area contributed by atoms with Gasteiger partial charge in [-0.15, -0.1) is 0 Å². The molecule has 1 saturated heterocycles. The predicted molar refractivity (Wildman–Crippen MR) is 144 cm³/mol. The number of ether oxygens (including phenoxy) is 2. The minimum atomic E-state index is -0.790. The number of allylic oxidation sites excluding steroid dienone is 2. The van der Waals surface area contributed by atoms with E-state index in [4.69, 9.17) is 9.47 Å². The summed E-state index contributed by atoms with van der Waals surface area (Å²) in [5, 5.41) is 13.3. The molecular weight excluding hydrogens is 450 g/mol. The molecule has 2 N–H and O–H groups in total. The zero-order valence-corrected chi connectivity index (χ0v) is 21.7. The van der Waals surface area contributed by atoms with Gasteiger partial charge in [-0.25, -0.2) is 0 Å². The summed E-state index contributed by atoms with van der Waals surface area (Å²) in [5.41, 5.74) is 4.98. The maximum absolute atomic E-state index is 9.80. The van der Waals surface area contributed by atoms with Crippen molar-refractivity contribution < 1.29 is 14.6 Å². The molecule has 1 aromatic carbocycles. The van der Waals surface area contributed by atoms with Gasteiger partial charge in [0.1, 0.15) is 0 Å². The van der Waals surface area contributed by atoms with Crippen LogP contribution in [0.25, 0.3) is 5.57 Å². The molecule has 36 heavy (non-hydrogen) atoms. The fourth-order valence-corrected chi connectivity index (χ4v) is 5.10. The van der Waals surface area contributed by atoms with Crippen LogP contribution in [0.5, 0.6) is 0 Å². The monoisotopic (exact) mass is 491 g/mol. The highest BCUT2D eigenvalue weighted by Gasteiger charge is 2.40. The first-order valence-corrected chi connectivity index (χ1v) is 13.3. The highest BCUT2D eigenvalue weighted by Crippen LogP contribution is 2.40. The number of rotatable bonds is 13. The molecule has 6 nitrogen and oxygen atoms in total. The fraction of sp³-hybridized carbons (Fsp3) is 0.500. The number of β-amino-alcohol motifs (C(OH)–C–C–N with tert-alkyl or cyclic N) is 1. The molecule has 0 amide bonds. The summed E-state index contributed by atoms with van der Waals surface area (Å²) < 4.78 is 13.1. The summed E-state index contributed by atoms with van der Waals surface area (Å²) in [4.78, 5) is 6.39. The van der Waals surface area contributed by atoms with Crippen molar-refractivity contribution in [2.75, 3.05) is 39.4 Å². The summed E-state index contributed by atoms with van der Waals surface area (Å²) in [7, 11) is 0. The lowest BCUT2D eigenvalue weighted by atomic mass is 9.82. The molecule has 0 spiro atoms. The average Bonchev–Trinajstić information content (AvgIpc) is 3.31. The number of pyridine rings is 1. The lowest BCUT2D eigenvalue weighted by molar-refractivity contribution is -0.223. The molecule has 194 valence electrons. The summed E-state index contributed by atoms with van der Waals surface area (Å²) in [6.07, 6.45) is 12.5. The van der Waals surface area contributed by atoms with Crippen molar-refractivity contribution in [2.45, 2.75) is 51.5 Å². The van der Waals surface area contributed by atoms with Gasteiger partial charge in [-0.3, -0.25) is 4.98 Å². The molecule has 1 aliphatic heterocycles. The molecule has 2 unspecified atom stereocenters. The Kier molecular flexibility index (Phi) is 9.84. The van der Waals surface area contributed by atoms with Crippen LogP contribution in [0.15, 0.2) is 67.0 Å². The number of benzene rings is 1. The van der Waals surface area contributed by atoms with E-state index < -0.39 is 5.79 Å². The molecule has 0 saturated carbocycles. The van der Waals surface area contributed by atoms with Gasteiger partial charge in [0, 0.05) is 44.5 Å². The topological polar surface area (TPSA) is 66.8 Å². The Morgan fingerprint density at radius 2 is 1.89 bits per heavy atom. The lowest BCUT2D eigenvalue weighted by Gasteiger charge is -2.40. The second kappa shape index (κ2) is 13.3. The van der Waals surface area contributed by atoms with Gasteiger partial charge in [0.25, 0.3) is 0 Å². The Balaban J connectivity index is 1.34. The first kappa shape index (κ1) is 26.7. The molecule has 2 aromatic rings. The number of aliphatic hydroxyl groups excluding tert-OH is 1. The third-order valence-electron chi connectivity index (χ3n) is 7.23. The molecule has 0 radical (unpaired) electrons. The molecular formula is C30H41N3O3. The van der Waals surface area contributed by atoms with Gasteiger partial charge >= 0.3 is 0 Å². The zero-order chi connectivity index (χ0) is 25.2. The fourth-order valence-electron chi connectivity index (χ4n) is 5.10. The summed E-state index contributed by atoms with van der Waals surface area (Å²) in [6, 6.07) is 12.6. The molecule has 4 rings (SSSR count). The van der Waals surface area contributed by atoms with Crippen LogP contribution in [-0.2, 0) is 16.0 Å². The number of hydrogen-bond donors (Lipinski definition) is 2. The van der Waals surface area contributed by atoms with E-state index in [2.05, 4.69) is 71.5 Å². The standard InChI is InChI=1S/C30H41N3O3/c1-24-8-3-4-9-28(24)29-10-5-14-30(25(29)2,36-21-7-18-33-19-13-27(34)23-33)35-20-6-15-32-22-26-11-16-31-17-12-26/h3-5,8-12,14,16-17,25,27,32,34H,6-7,13,15,18-23H2,1-2H3/t25?,27-,30?/m1/s1. The van der Waals surface area contributed by atoms with Crippen LogP contribution in [0, 0.1) is 12.8 Å². The number of aryl methyl sites for hydroxylation is 1. The van der Waals surface area contributed by atoms with Gasteiger partial charge in [0.2, 0.25) is 0 Å². The Bertz CT molecular complexity index is 1010. The molecule has 2 aliphatic rings. The highest BCUT2D eigenvalue weighted by molar-refractivity contribution is 5.73. The van der Waals surface area contributed by atoms with Gasteiger partial charge in [-0.1, -0.05) is 43.3 Å². The van der Waals surface area contributed by atoms with Gasteiger partial charge in [-0.05, 0) is 73.2 Å². The second-order valence-electron chi connectivity index (χ2n) is 9.92. The second-order valence-corrected chi connectivity index (χ2v) is 9.92. The van der Waals surface area contributed by atoms with Crippen LogP contribution in [-0.4, -0.2) is 66.3 Å². The maximum Gasteiger partial charge on any atom is 0.194 e. The van der Waals surface area contributed by atoms with Crippen LogP contribution in [0.2, 0.25) is 0 Å². The van der Waals surface area contributed by atoms with E-state index in [9.17, 15) is 5.11 Å². The van der Waals surface area contributed by atoms with Crippen LogP contribution < -0.4 is 5.32 Å².